The van der Waals surface area contributed by atoms with Crippen LogP contribution >= 0.6 is 0 Å². The first kappa shape index (κ1) is 8.79. The summed E-state index contributed by atoms with van der Waals surface area (Å²) in [5, 5.41) is 0. The van der Waals surface area contributed by atoms with Gasteiger partial charge >= 0.3 is 0 Å². The first-order chi connectivity index (χ1) is 5.34. The van der Waals surface area contributed by atoms with E-state index < -0.39 is 0 Å². The third-order valence-electron chi connectivity index (χ3n) is 2.63. The summed E-state index contributed by atoms with van der Waals surface area (Å²) in [6.45, 7) is 3.05. The maximum atomic E-state index is 5.43. The SMILES string of the molecule is C/C(=C\CCN)C1CCCC1. The van der Waals surface area contributed by atoms with Crippen LogP contribution < -0.4 is 5.73 Å². The predicted octanol–water partition coefficient (Wildman–Crippen LogP) is 2.47. The second-order valence-electron chi connectivity index (χ2n) is 3.51. The highest BCUT2D eigenvalue weighted by molar-refractivity contribution is 5.04. The molecule has 1 fully saturated rings. The number of nitrogens with two attached hydrogens (primary N) is 1. The van der Waals surface area contributed by atoms with Crippen molar-refractivity contribution in [1.82, 2.24) is 0 Å². The predicted molar refractivity (Wildman–Crippen MR) is 49.4 cm³/mol. The van der Waals surface area contributed by atoms with E-state index in [1.54, 1.807) is 5.57 Å². The monoisotopic (exact) mass is 153 g/mol. The summed E-state index contributed by atoms with van der Waals surface area (Å²) >= 11 is 0. The molecule has 1 aliphatic carbocycles. The van der Waals surface area contributed by atoms with Crippen LogP contribution in [0.1, 0.15) is 39.0 Å². The molecule has 0 radical (unpaired) electrons. The molecule has 0 saturated heterocycles. The van der Waals surface area contributed by atoms with Crippen molar-refractivity contribution >= 4 is 0 Å². The Labute approximate surface area is 69.7 Å². The number of hydrogen-bond acceptors (Lipinski definition) is 1. The maximum Gasteiger partial charge on any atom is -0.00425 e. The minimum atomic E-state index is 0.796. The van der Waals surface area contributed by atoms with E-state index >= 15 is 0 Å². The zero-order chi connectivity index (χ0) is 8.10. The van der Waals surface area contributed by atoms with E-state index in [9.17, 15) is 0 Å². The molecule has 2 N–H and O–H groups in total. The van der Waals surface area contributed by atoms with Gasteiger partial charge in [-0.15, -0.1) is 0 Å². The van der Waals surface area contributed by atoms with E-state index in [0.29, 0.717) is 0 Å². The second-order valence-corrected chi connectivity index (χ2v) is 3.51. The molecule has 0 aromatic heterocycles. The summed E-state index contributed by atoms with van der Waals surface area (Å²) in [6.07, 6.45) is 9.05. The molecule has 1 nitrogen and oxygen atoms in total. The van der Waals surface area contributed by atoms with E-state index in [2.05, 4.69) is 13.0 Å². The van der Waals surface area contributed by atoms with E-state index in [-0.39, 0.29) is 0 Å². The molecule has 11 heavy (non-hydrogen) atoms. The molecule has 0 amide bonds. The van der Waals surface area contributed by atoms with E-state index in [4.69, 9.17) is 5.73 Å². The van der Waals surface area contributed by atoms with Crippen molar-refractivity contribution in [1.29, 1.82) is 0 Å². The second kappa shape index (κ2) is 4.55. The average Bonchev–Trinajstić information content (AvgIpc) is 2.52. The minimum Gasteiger partial charge on any atom is -0.330 e. The van der Waals surface area contributed by atoms with Gasteiger partial charge < -0.3 is 5.73 Å². The Balaban J connectivity index is 2.32. The smallest absolute Gasteiger partial charge is 0.00425 e. The van der Waals surface area contributed by atoms with Crippen LogP contribution in [0.3, 0.4) is 0 Å². The Bertz CT molecular complexity index is 132. The van der Waals surface area contributed by atoms with Gasteiger partial charge in [-0.1, -0.05) is 24.5 Å². The van der Waals surface area contributed by atoms with Crippen LogP contribution in [-0.2, 0) is 0 Å². The molecule has 0 aromatic rings. The average molecular weight is 153 g/mol. The fourth-order valence-corrected chi connectivity index (χ4v) is 1.86. The fraction of sp³-hybridized carbons (Fsp3) is 0.800. The van der Waals surface area contributed by atoms with Gasteiger partial charge in [-0.3, -0.25) is 0 Å². The Morgan fingerprint density at radius 3 is 2.64 bits per heavy atom. The molecule has 0 aliphatic heterocycles. The quantitative estimate of drug-likeness (QED) is 0.619. The lowest BCUT2D eigenvalue weighted by atomic mass is 9.98. The molecule has 0 atom stereocenters. The van der Waals surface area contributed by atoms with Gasteiger partial charge in [-0.25, -0.2) is 0 Å². The van der Waals surface area contributed by atoms with Gasteiger partial charge in [0.25, 0.3) is 0 Å². The van der Waals surface area contributed by atoms with Crippen LogP contribution in [0.5, 0.6) is 0 Å². The maximum absolute atomic E-state index is 5.43. The summed E-state index contributed by atoms with van der Waals surface area (Å²) in [7, 11) is 0. The molecule has 0 aromatic carbocycles. The Hall–Kier alpha value is -0.300. The molecule has 1 aliphatic rings. The van der Waals surface area contributed by atoms with Crippen molar-refractivity contribution in [2.45, 2.75) is 39.0 Å². The van der Waals surface area contributed by atoms with Gasteiger partial charge in [0.1, 0.15) is 0 Å². The molecule has 0 heterocycles. The summed E-state index contributed by atoms with van der Waals surface area (Å²) in [5.74, 6) is 0.890. The van der Waals surface area contributed by atoms with Crippen molar-refractivity contribution < 1.29 is 0 Å². The van der Waals surface area contributed by atoms with Gasteiger partial charge in [-0.2, -0.15) is 0 Å². The number of allylic oxidation sites excluding steroid dienone is 1. The Morgan fingerprint density at radius 2 is 2.09 bits per heavy atom. The molecule has 0 bridgehead atoms. The third kappa shape index (κ3) is 2.66. The van der Waals surface area contributed by atoms with Gasteiger partial charge in [0.15, 0.2) is 0 Å². The minimum absolute atomic E-state index is 0.796. The molecular formula is C10H19N. The fourth-order valence-electron chi connectivity index (χ4n) is 1.86. The van der Waals surface area contributed by atoms with E-state index in [0.717, 1.165) is 18.9 Å². The molecule has 0 unspecified atom stereocenters. The standard InChI is InChI=1S/C10H19N/c1-9(5-4-8-11)10-6-2-3-7-10/h5,10H,2-4,6-8,11H2,1H3/b9-5+. The van der Waals surface area contributed by atoms with Gasteiger partial charge in [0.05, 0.1) is 0 Å². The molecule has 1 saturated carbocycles. The van der Waals surface area contributed by atoms with Crippen molar-refractivity contribution in [3.05, 3.63) is 11.6 Å². The van der Waals surface area contributed by atoms with Gasteiger partial charge in [-0.05, 0) is 38.6 Å². The van der Waals surface area contributed by atoms with E-state index in [1.165, 1.54) is 25.7 Å². The topological polar surface area (TPSA) is 26.0 Å². The van der Waals surface area contributed by atoms with Gasteiger partial charge in [0, 0.05) is 0 Å². The van der Waals surface area contributed by atoms with Crippen molar-refractivity contribution in [3.63, 3.8) is 0 Å². The normalized spacial score (nSPS) is 21.1. The third-order valence-corrected chi connectivity index (χ3v) is 2.63. The Morgan fingerprint density at radius 1 is 1.45 bits per heavy atom. The molecule has 0 spiro atoms. The highest BCUT2D eigenvalue weighted by atomic mass is 14.5. The van der Waals surface area contributed by atoms with Crippen LogP contribution in [0.25, 0.3) is 0 Å². The van der Waals surface area contributed by atoms with Crippen LogP contribution in [-0.4, -0.2) is 6.54 Å². The lowest BCUT2D eigenvalue weighted by Crippen LogP contribution is -1.99. The molecule has 1 rings (SSSR count). The van der Waals surface area contributed by atoms with E-state index in [1.807, 2.05) is 0 Å². The summed E-state index contributed by atoms with van der Waals surface area (Å²) in [5.41, 5.74) is 7.01. The highest BCUT2D eigenvalue weighted by Gasteiger charge is 2.15. The highest BCUT2D eigenvalue weighted by Crippen LogP contribution is 2.30. The first-order valence-corrected chi connectivity index (χ1v) is 4.71. The molecular weight excluding hydrogens is 134 g/mol. The van der Waals surface area contributed by atoms with Crippen molar-refractivity contribution in [3.8, 4) is 0 Å². The van der Waals surface area contributed by atoms with Crippen LogP contribution in [0.4, 0.5) is 0 Å². The zero-order valence-corrected chi connectivity index (χ0v) is 7.47. The summed E-state index contributed by atoms with van der Waals surface area (Å²) in [6, 6.07) is 0. The van der Waals surface area contributed by atoms with Crippen molar-refractivity contribution in [2.75, 3.05) is 6.54 Å². The lowest BCUT2D eigenvalue weighted by Gasteiger charge is -2.08. The first-order valence-electron chi connectivity index (χ1n) is 4.71. The Kier molecular flexibility index (Phi) is 3.64. The lowest BCUT2D eigenvalue weighted by molar-refractivity contribution is 0.638. The molecule has 64 valence electrons. The summed E-state index contributed by atoms with van der Waals surface area (Å²) in [4.78, 5) is 0. The van der Waals surface area contributed by atoms with Crippen LogP contribution in [0.15, 0.2) is 11.6 Å². The number of hydrogen-bond donors (Lipinski definition) is 1. The number of rotatable bonds is 3. The van der Waals surface area contributed by atoms with Gasteiger partial charge in [0.2, 0.25) is 0 Å². The zero-order valence-electron chi connectivity index (χ0n) is 7.47. The van der Waals surface area contributed by atoms with Crippen LogP contribution in [0.2, 0.25) is 0 Å². The molecule has 1 heteroatoms. The van der Waals surface area contributed by atoms with Crippen LogP contribution in [0, 0.1) is 5.92 Å². The largest absolute Gasteiger partial charge is 0.330 e. The van der Waals surface area contributed by atoms with Crippen molar-refractivity contribution in [2.24, 2.45) is 11.7 Å². The summed E-state index contributed by atoms with van der Waals surface area (Å²) < 4.78 is 0.